The maximum absolute atomic E-state index is 13.5. The average Bonchev–Trinajstić information content (AvgIpc) is 2.35. The lowest BCUT2D eigenvalue weighted by atomic mass is 10.00. The summed E-state index contributed by atoms with van der Waals surface area (Å²) in [4.78, 5) is 0. The second-order valence-electron chi connectivity index (χ2n) is 4.08. The lowest BCUT2D eigenvalue weighted by Crippen LogP contribution is -2.03. The van der Waals surface area contributed by atoms with Crippen LogP contribution in [-0.4, -0.2) is 5.11 Å². The number of aryl methyl sites for hydroxylation is 1. The van der Waals surface area contributed by atoms with Crippen molar-refractivity contribution in [2.75, 3.05) is 0 Å². The SMILES string of the molecule is Cc1ccc(C(O)c2cc(F)ccc2F)cc1Cl. The zero-order valence-electron chi connectivity index (χ0n) is 9.62. The summed E-state index contributed by atoms with van der Waals surface area (Å²) in [6.07, 6.45) is -1.24. The van der Waals surface area contributed by atoms with Gasteiger partial charge in [-0.1, -0.05) is 23.7 Å². The summed E-state index contributed by atoms with van der Waals surface area (Å²) >= 11 is 5.94. The molecule has 0 aliphatic rings. The summed E-state index contributed by atoms with van der Waals surface area (Å²) in [7, 11) is 0. The van der Waals surface area contributed by atoms with Gasteiger partial charge in [0.05, 0.1) is 0 Å². The van der Waals surface area contributed by atoms with Gasteiger partial charge < -0.3 is 5.11 Å². The van der Waals surface area contributed by atoms with Crippen LogP contribution in [0.15, 0.2) is 36.4 Å². The molecule has 0 bridgehead atoms. The van der Waals surface area contributed by atoms with E-state index in [1.165, 1.54) is 0 Å². The topological polar surface area (TPSA) is 20.2 Å². The van der Waals surface area contributed by atoms with Crippen molar-refractivity contribution in [2.24, 2.45) is 0 Å². The van der Waals surface area contributed by atoms with Crippen molar-refractivity contribution in [3.05, 3.63) is 69.7 Å². The summed E-state index contributed by atoms with van der Waals surface area (Å²) in [5, 5.41) is 10.5. The summed E-state index contributed by atoms with van der Waals surface area (Å²) in [6, 6.07) is 7.88. The van der Waals surface area contributed by atoms with Crippen LogP contribution in [-0.2, 0) is 0 Å². The van der Waals surface area contributed by atoms with E-state index >= 15 is 0 Å². The molecule has 1 unspecified atom stereocenters. The van der Waals surface area contributed by atoms with Crippen LogP contribution >= 0.6 is 11.6 Å². The zero-order chi connectivity index (χ0) is 13.3. The van der Waals surface area contributed by atoms with Crippen LogP contribution < -0.4 is 0 Å². The van der Waals surface area contributed by atoms with Crippen molar-refractivity contribution in [2.45, 2.75) is 13.0 Å². The molecule has 1 N–H and O–H groups in total. The Morgan fingerprint density at radius 1 is 1.11 bits per heavy atom. The molecule has 2 aromatic carbocycles. The minimum absolute atomic E-state index is 0.102. The van der Waals surface area contributed by atoms with Gasteiger partial charge in [0, 0.05) is 10.6 Å². The predicted octanol–water partition coefficient (Wildman–Crippen LogP) is 4.01. The van der Waals surface area contributed by atoms with Crippen molar-refractivity contribution in [3.8, 4) is 0 Å². The number of aliphatic hydroxyl groups is 1. The third-order valence-corrected chi connectivity index (χ3v) is 3.17. The molecule has 94 valence electrons. The molecule has 2 aromatic rings. The third kappa shape index (κ3) is 2.52. The van der Waals surface area contributed by atoms with E-state index in [9.17, 15) is 13.9 Å². The van der Waals surface area contributed by atoms with Crippen LogP contribution in [0.5, 0.6) is 0 Å². The molecule has 0 aliphatic carbocycles. The Balaban J connectivity index is 2.44. The molecule has 0 spiro atoms. The Morgan fingerprint density at radius 2 is 1.83 bits per heavy atom. The van der Waals surface area contributed by atoms with Gasteiger partial charge in [-0.25, -0.2) is 8.78 Å². The molecular weight excluding hydrogens is 258 g/mol. The van der Waals surface area contributed by atoms with Gasteiger partial charge in [0.15, 0.2) is 0 Å². The van der Waals surface area contributed by atoms with E-state index in [4.69, 9.17) is 11.6 Å². The summed E-state index contributed by atoms with van der Waals surface area (Å²) in [5.41, 5.74) is 1.18. The molecule has 0 saturated heterocycles. The van der Waals surface area contributed by atoms with E-state index in [2.05, 4.69) is 0 Å². The number of hydrogen-bond acceptors (Lipinski definition) is 1. The van der Waals surface area contributed by atoms with E-state index in [1.54, 1.807) is 18.2 Å². The number of halogens is 3. The first-order chi connectivity index (χ1) is 8.49. The Hall–Kier alpha value is -1.45. The molecular formula is C14H11ClF2O. The number of hydrogen-bond donors (Lipinski definition) is 1. The maximum atomic E-state index is 13.5. The molecule has 4 heteroatoms. The van der Waals surface area contributed by atoms with E-state index in [0.29, 0.717) is 10.6 Å². The first kappa shape index (κ1) is 13.0. The highest BCUT2D eigenvalue weighted by Gasteiger charge is 2.16. The Bertz CT molecular complexity index is 584. The van der Waals surface area contributed by atoms with Gasteiger partial charge in [0.2, 0.25) is 0 Å². The first-order valence-electron chi connectivity index (χ1n) is 5.38. The van der Waals surface area contributed by atoms with Gasteiger partial charge in [-0.05, 0) is 42.3 Å². The van der Waals surface area contributed by atoms with Crippen LogP contribution in [0.4, 0.5) is 8.78 Å². The molecule has 0 aromatic heterocycles. The van der Waals surface area contributed by atoms with Gasteiger partial charge >= 0.3 is 0 Å². The summed E-state index contributed by atoms with van der Waals surface area (Å²) in [6.45, 7) is 1.82. The molecule has 1 atom stereocenters. The summed E-state index contributed by atoms with van der Waals surface area (Å²) in [5.74, 6) is -1.25. The minimum Gasteiger partial charge on any atom is -0.384 e. The highest BCUT2D eigenvalue weighted by atomic mass is 35.5. The maximum Gasteiger partial charge on any atom is 0.129 e. The molecule has 1 nitrogen and oxygen atoms in total. The normalized spacial score (nSPS) is 12.5. The van der Waals surface area contributed by atoms with Gasteiger partial charge in [0.25, 0.3) is 0 Å². The van der Waals surface area contributed by atoms with Crippen LogP contribution in [0, 0.1) is 18.6 Å². The van der Waals surface area contributed by atoms with Crippen LogP contribution in [0.1, 0.15) is 22.8 Å². The molecule has 18 heavy (non-hydrogen) atoms. The highest BCUT2D eigenvalue weighted by Crippen LogP contribution is 2.28. The quantitative estimate of drug-likeness (QED) is 0.873. The van der Waals surface area contributed by atoms with Gasteiger partial charge in [-0.15, -0.1) is 0 Å². The lowest BCUT2D eigenvalue weighted by molar-refractivity contribution is 0.214. The monoisotopic (exact) mass is 268 g/mol. The first-order valence-corrected chi connectivity index (χ1v) is 5.76. The molecule has 0 fully saturated rings. The molecule has 0 radical (unpaired) electrons. The highest BCUT2D eigenvalue weighted by molar-refractivity contribution is 6.31. The van der Waals surface area contributed by atoms with E-state index < -0.39 is 17.7 Å². The fourth-order valence-corrected chi connectivity index (χ4v) is 1.87. The van der Waals surface area contributed by atoms with Gasteiger partial charge in [-0.3, -0.25) is 0 Å². The van der Waals surface area contributed by atoms with E-state index in [-0.39, 0.29) is 5.56 Å². The van der Waals surface area contributed by atoms with Gasteiger partial charge in [0.1, 0.15) is 17.7 Å². The second kappa shape index (κ2) is 5.04. The van der Waals surface area contributed by atoms with Gasteiger partial charge in [-0.2, -0.15) is 0 Å². The van der Waals surface area contributed by atoms with Crippen molar-refractivity contribution >= 4 is 11.6 Å². The van der Waals surface area contributed by atoms with Crippen LogP contribution in [0.3, 0.4) is 0 Å². The molecule has 0 aliphatic heterocycles. The smallest absolute Gasteiger partial charge is 0.129 e. The molecule has 0 amide bonds. The largest absolute Gasteiger partial charge is 0.384 e. The van der Waals surface area contributed by atoms with Crippen molar-refractivity contribution in [1.29, 1.82) is 0 Å². The second-order valence-corrected chi connectivity index (χ2v) is 4.48. The zero-order valence-corrected chi connectivity index (χ0v) is 10.4. The fraction of sp³-hybridized carbons (Fsp3) is 0.143. The summed E-state index contributed by atoms with van der Waals surface area (Å²) < 4.78 is 26.6. The number of rotatable bonds is 2. The van der Waals surface area contributed by atoms with E-state index in [1.807, 2.05) is 6.92 Å². The average molecular weight is 269 g/mol. The minimum atomic E-state index is -1.24. The lowest BCUT2D eigenvalue weighted by Gasteiger charge is -2.13. The fourth-order valence-electron chi connectivity index (χ4n) is 1.68. The third-order valence-electron chi connectivity index (χ3n) is 2.76. The number of benzene rings is 2. The van der Waals surface area contributed by atoms with Crippen LogP contribution in [0.2, 0.25) is 5.02 Å². The molecule has 0 saturated carbocycles. The van der Waals surface area contributed by atoms with Crippen molar-refractivity contribution in [3.63, 3.8) is 0 Å². The predicted molar refractivity (Wildman–Crippen MR) is 66.6 cm³/mol. The Morgan fingerprint density at radius 3 is 2.50 bits per heavy atom. The van der Waals surface area contributed by atoms with Crippen LogP contribution in [0.25, 0.3) is 0 Å². The standard InChI is InChI=1S/C14H11ClF2O/c1-8-2-3-9(6-12(8)15)14(18)11-7-10(16)4-5-13(11)17/h2-7,14,18H,1H3. The van der Waals surface area contributed by atoms with E-state index in [0.717, 1.165) is 23.8 Å². The molecule has 2 rings (SSSR count). The number of aliphatic hydroxyl groups excluding tert-OH is 1. The Kier molecular flexibility index (Phi) is 3.64. The van der Waals surface area contributed by atoms with Crippen molar-refractivity contribution < 1.29 is 13.9 Å². The Labute approximate surface area is 109 Å². The van der Waals surface area contributed by atoms with Crippen molar-refractivity contribution in [1.82, 2.24) is 0 Å². The molecule has 0 heterocycles.